The van der Waals surface area contributed by atoms with Gasteiger partial charge in [-0.1, -0.05) is 42.5 Å². The SMILES string of the molecule is CS(=O)(=O)N1CCCC(C(=O)NNC(=O)Cc2cccc3ccccc23)C1. The van der Waals surface area contributed by atoms with Crippen molar-refractivity contribution in [2.45, 2.75) is 19.3 Å². The second-order valence-electron chi connectivity index (χ2n) is 6.81. The first kappa shape index (κ1) is 19.3. The average Bonchev–Trinajstić information content (AvgIpc) is 2.66. The van der Waals surface area contributed by atoms with Gasteiger partial charge in [0, 0.05) is 13.1 Å². The largest absolute Gasteiger partial charge is 0.273 e. The highest BCUT2D eigenvalue weighted by Gasteiger charge is 2.30. The topological polar surface area (TPSA) is 95.6 Å². The molecule has 0 saturated carbocycles. The molecule has 1 unspecified atom stereocenters. The standard InChI is InChI=1S/C19H23N3O4S/c1-27(25,26)22-11-5-9-16(13-22)19(24)21-20-18(23)12-15-8-4-7-14-6-2-3-10-17(14)15/h2-4,6-8,10,16H,5,9,11-13H2,1H3,(H,20,23)(H,21,24). The highest BCUT2D eigenvalue weighted by molar-refractivity contribution is 7.88. The van der Waals surface area contributed by atoms with Crippen molar-refractivity contribution in [1.29, 1.82) is 0 Å². The number of rotatable bonds is 4. The van der Waals surface area contributed by atoms with E-state index in [1.807, 2.05) is 42.5 Å². The number of piperidine rings is 1. The molecule has 1 aliphatic heterocycles. The molecule has 2 N–H and O–H groups in total. The molecule has 0 aromatic heterocycles. The van der Waals surface area contributed by atoms with Crippen LogP contribution in [0.3, 0.4) is 0 Å². The molecule has 2 amide bonds. The molecule has 1 atom stereocenters. The molecule has 0 aliphatic carbocycles. The van der Waals surface area contributed by atoms with Gasteiger partial charge in [-0.25, -0.2) is 12.7 Å². The van der Waals surface area contributed by atoms with Crippen molar-refractivity contribution in [3.05, 3.63) is 48.0 Å². The average molecular weight is 389 g/mol. The summed E-state index contributed by atoms with van der Waals surface area (Å²) in [6, 6.07) is 13.6. The Bertz CT molecular complexity index is 953. The minimum atomic E-state index is -3.32. The summed E-state index contributed by atoms with van der Waals surface area (Å²) in [6.45, 7) is 0.569. The summed E-state index contributed by atoms with van der Waals surface area (Å²) in [4.78, 5) is 24.5. The third kappa shape index (κ3) is 4.84. The number of hydrogen-bond acceptors (Lipinski definition) is 4. The number of hydrogen-bond donors (Lipinski definition) is 2. The van der Waals surface area contributed by atoms with E-state index in [0.29, 0.717) is 19.4 Å². The fourth-order valence-electron chi connectivity index (χ4n) is 3.35. The van der Waals surface area contributed by atoms with E-state index in [-0.39, 0.29) is 24.8 Å². The number of hydrazine groups is 1. The first-order valence-corrected chi connectivity index (χ1v) is 10.7. The molecule has 0 spiro atoms. The van der Waals surface area contributed by atoms with Crippen molar-refractivity contribution < 1.29 is 18.0 Å². The zero-order chi connectivity index (χ0) is 19.4. The highest BCUT2D eigenvalue weighted by atomic mass is 32.2. The second kappa shape index (κ2) is 8.06. The maximum Gasteiger partial charge on any atom is 0.242 e. The highest BCUT2D eigenvalue weighted by Crippen LogP contribution is 2.20. The normalized spacial score (nSPS) is 18.2. The van der Waals surface area contributed by atoms with Crippen LogP contribution in [0.15, 0.2) is 42.5 Å². The number of benzene rings is 2. The Morgan fingerprint density at radius 1 is 1.11 bits per heavy atom. The van der Waals surface area contributed by atoms with E-state index < -0.39 is 15.9 Å². The van der Waals surface area contributed by atoms with Crippen LogP contribution in [-0.4, -0.2) is 43.9 Å². The van der Waals surface area contributed by atoms with Crippen LogP contribution >= 0.6 is 0 Å². The van der Waals surface area contributed by atoms with E-state index in [4.69, 9.17) is 0 Å². The fraction of sp³-hybridized carbons (Fsp3) is 0.368. The molecule has 0 radical (unpaired) electrons. The third-order valence-electron chi connectivity index (χ3n) is 4.78. The van der Waals surface area contributed by atoms with Crippen LogP contribution in [0.2, 0.25) is 0 Å². The molecule has 144 valence electrons. The molecule has 2 aromatic carbocycles. The number of nitrogens with zero attached hydrogens (tertiary/aromatic N) is 1. The molecule has 1 aliphatic rings. The quantitative estimate of drug-likeness (QED) is 0.768. The van der Waals surface area contributed by atoms with Gasteiger partial charge in [-0.05, 0) is 29.2 Å². The van der Waals surface area contributed by atoms with Crippen molar-refractivity contribution in [2.75, 3.05) is 19.3 Å². The number of fused-ring (bicyclic) bond motifs is 1. The lowest BCUT2D eigenvalue weighted by atomic mass is 9.99. The summed E-state index contributed by atoms with van der Waals surface area (Å²) >= 11 is 0. The van der Waals surface area contributed by atoms with Gasteiger partial charge in [0.2, 0.25) is 21.8 Å². The van der Waals surface area contributed by atoms with Crippen molar-refractivity contribution >= 4 is 32.6 Å². The van der Waals surface area contributed by atoms with Gasteiger partial charge in [0.05, 0.1) is 18.6 Å². The minimum Gasteiger partial charge on any atom is -0.273 e. The Morgan fingerprint density at radius 2 is 1.85 bits per heavy atom. The Labute approximate surface area is 158 Å². The Morgan fingerprint density at radius 3 is 2.63 bits per heavy atom. The van der Waals surface area contributed by atoms with E-state index >= 15 is 0 Å². The third-order valence-corrected chi connectivity index (χ3v) is 6.05. The number of carbonyl (C=O) groups excluding carboxylic acids is 2. The van der Waals surface area contributed by atoms with Gasteiger partial charge >= 0.3 is 0 Å². The Hall–Kier alpha value is -2.45. The van der Waals surface area contributed by atoms with E-state index in [1.165, 1.54) is 4.31 Å². The number of nitrogens with one attached hydrogen (secondary N) is 2. The lowest BCUT2D eigenvalue weighted by Gasteiger charge is -2.30. The minimum absolute atomic E-state index is 0.141. The van der Waals surface area contributed by atoms with Gasteiger partial charge < -0.3 is 0 Å². The smallest absolute Gasteiger partial charge is 0.242 e. The summed E-state index contributed by atoms with van der Waals surface area (Å²) < 4.78 is 24.6. The zero-order valence-corrected chi connectivity index (χ0v) is 16.0. The van der Waals surface area contributed by atoms with Crippen molar-refractivity contribution in [2.24, 2.45) is 5.92 Å². The van der Waals surface area contributed by atoms with Crippen LogP contribution < -0.4 is 10.9 Å². The number of sulfonamides is 1. The van der Waals surface area contributed by atoms with Crippen LogP contribution in [0.5, 0.6) is 0 Å². The maximum atomic E-state index is 12.3. The number of carbonyl (C=O) groups is 2. The molecule has 1 saturated heterocycles. The molecule has 0 bridgehead atoms. The van der Waals surface area contributed by atoms with Gasteiger partial charge in [0.15, 0.2) is 0 Å². The number of amides is 2. The molecular weight excluding hydrogens is 366 g/mol. The van der Waals surface area contributed by atoms with Crippen molar-refractivity contribution in [3.63, 3.8) is 0 Å². The Balaban J connectivity index is 1.56. The summed E-state index contributed by atoms with van der Waals surface area (Å²) in [6.07, 6.45) is 2.49. The molecule has 1 fully saturated rings. The predicted octanol–water partition coefficient (Wildman–Crippen LogP) is 1.20. The molecule has 1 heterocycles. The summed E-state index contributed by atoms with van der Waals surface area (Å²) in [5.41, 5.74) is 5.75. The predicted molar refractivity (Wildman–Crippen MR) is 103 cm³/mol. The van der Waals surface area contributed by atoms with Crippen molar-refractivity contribution in [1.82, 2.24) is 15.2 Å². The summed E-state index contributed by atoms with van der Waals surface area (Å²) in [5.74, 6) is -1.16. The van der Waals surface area contributed by atoms with Gasteiger partial charge in [-0.2, -0.15) is 0 Å². The molecular formula is C19H23N3O4S. The fourth-order valence-corrected chi connectivity index (χ4v) is 4.27. The molecule has 7 nitrogen and oxygen atoms in total. The van der Waals surface area contributed by atoms with Gasteiger partial charge in [0.1, 0.15) is 0 Å². The van der Waals surface area contributed by atoms with Crippen molar-refractivity contribution in [3.8, 4) is 0 Å². The van der Waals surface area contributed by atoms with E-state index in [1.54, 1.807) is 0 Å². The first-order chi connectivity index (χ1) is 12.8. The van der Waals surface area contributed by atoms with Crippen LogP contribution in [0.4, 0.5) is 0 Å². The summed E-state index contributed by atoms with van der Waals surface area (Å²) in [7, 11) is -3.32. The molecule has 2 aromatic rings. The van der Waals surface area contributed by atoms with Crippen LogP contribution in [-0.2, 0) is 26.0 Å². The van der Waals surface area contributed by atoms with E-state index in [0.717, 1.165) is 22.6 Å². The molecule has 3 rings (SSSR count). The lowest BCUT2D eigenvalue weighted by Crippen LogP contribution is -2.50. The summed E-state index contributed by atoms with van der Waals surface area (Å²) in [5, 5.41) is 2.05. The molecule has 8 heteroatoms. The maximum absolute atomic E-state index is 12.3. The lowest BCUT2D eigenvalue weighted by molar-refractivity contribution is -0.131. The van der Waals surface area contributed by atoms with Gasteiger partial charge in [-0.3, -0.25) is 20.4 Å². The molecule has 27 heavy (non-hydrogen) atoms. The first-order valence-electron chi connectivity index (χ1n) is 8.85. The van der Waals surface area contributed by atoms with Crippen LogP contribution in [0.1, 0.15) is 18.4 Å². The Kier molecular flexibility index (Phi) is 5.76. The van der Waals surface area contributed by atoms with Crippen LogP contribution in [0.25, 0.3) is 10.8 Å². The monoisotopic (exact) mass is 389 g/mol. The van der Waals surface area contributed by atoms with E-state index in [9.17, 15) is 18.0 Å². The van der Waals surface area contributed by atoms with Gasteiger partial charge in [-0.15, -0.1) is 0 Å². The van der Waals surface area contributed by atoms with Crippen LogP contribution in [0, 0.1) is 5.92 Å². The van der Waals surface area contributed by atoms with Gasteiger partial charge in [0.25, 0.3) is 0 Å². The van der Waals surface area contributed by atoms with E-state index in [2.05, 4.69) is 10.9 Å². The second-order valence-corrected chi connectivity index (χ2v) is 8.80. The zero-order valence-electron chi connectivity index (χ0n) is 15.1.